The molecule has 0 radical (unpaired) electrons. The summed E-state index contributed by atoms with van der Waals surface area (Å²) in [6, 6.07) is 7.03. The van der Waals surface area contributed by atoms with Gasteiger partial charge in [-0.15, -0.1) is 6.58 Å². The average Bonchev–Trinajstić information content (AvgIpc) is 3.66. The Morgan fingerprint density at radius 1 is 1.18 bits per heavy atom. The molecule has 3 saturated carbocycles. The highest BCUT2D eigenvalue weighted by molar-refractivity contribution is 5.95. The van der Waals surface area contributed by atoms with E-state index < -0.39 is 40.8 Å². The van der Waals surface area contributed by atoms with Crippen LogP contribution in [-0.4, -0.2) is 61.8 Å². The Morgan fingerprint density at radius 3 is 2.73 bits per heavy atom. The summed E-state index contributed by atoms with van der Waals surface area (Å²) in [6.45, 7) is 14.9. The predicted molar refractivity (Wildman–Crippen MR) is 162 cm³/mol. The molecule has 1 saturated heterocycles. The molecule has 10 atom stereocenters. The Hall–Kier alpha value is -2.81. The van der Waals surface area contributed by atoms with Gasteiger partial charge in [-0.05, 0) is 61.8 Å². The summed E-state index contributed by atoms with van der Waals surface area (Å²) in [7, 11) is 0. The number of hydrogen-bond donors (Lipinski definition) is 0. The van der Waals surface area contributed by atoms with Crippen LogP contribution in [0.1, 0.15) is 75.6 Å². The van der Waals surface area contributed by atoms with Crippen LogP contribution in [-0.2, 0) is 28.5 Å². The second kappa shape index (κ2) is 10.6. The summed E-state index contributed by atoms with van der Waals surface area (Å²) in [4.78, 5) is 43.9. The van der Waals surface area contributed by atoms with Crippen molar-refractivity contribution in [3.05, 3.63) is 59.7 Å². The first-order valence-electron chi connectivity index (χ1n) is 16.4. The summed E-state index contributed by atoms with van der Waals surface area (Å²) in [5.74, 6) is -0.144. The van der Waals surface area contributed by atoms with E-state index in [0.29, 0.717) is 35.9 Å². The first kappa shape index (κ1) is 29.9. The van der Waals surface area contributed by atoms with Crippen molar-refractivity contribution in [2.75, 3.05) is 26.2 Å². The average molecular weight is 604 g/mol. The molecule has 236 valence electrons. The van der Waals surface area contributed by atoms with Gasteiger partial charge in [0.25, 0.3) is 6.29 Å². The van der Waals surface area contributed by atoms with E-state index in [1.165, 1.54) is 0 Å². The van der Waals surface area contributed by atoms with E-state index in [-0.39, 0.29) is 30.5 Å². The van der Waals surface area contributed by atoms with Gasteiger partial charge in [0.1, 0.15) is 11.7 Å². The van der Waals surface area contributed by atoms with E-state index >= 15 is 4.79 Å². The fourth-order valence-corrected chi connectivity index (χ4v) is 10.7. The first-order chi connectivity index (χ1) is 21.1. The van der Waals surface area contributed by atoms with Crippen LogP contribution >= 0.6 is 0 Å². The molecule has 44 heavy (non-hydrogen) atoms. The fraction of sp³-hybridized carbons (Fsp3) is 0.639. The zero-order valence-electron chi connectivity index (χ0n) is 26.3. The van der Waals surface area contributed by atoms with Crippen LogP contribution in [0.4, 0.5) is 0 Å². The number of ether oxygens (including phenoxy) is 4. The summed E-state index contributed by atoms with van der Waals surface area (Å²) < 4.78 is 25.0. The lowest BCUT2D eigenvalue weighted by Gasteiger charge is -2.59. The molecule has 0 amide bonds. The van der Waals surface area contributed by atoms with Gasteiger partial charge in [0.2, 0.25) is 0 Å². The quantitative estimate of drug-likeness (QED) is 0.208. The summed E-state index contributed by atoms with van der Waals surface area (Å²) in [6.07, 6.45) is 6.99. The van der Waals surface area contributed by atoms with Crippen molar-refractivity contribution in [3.63, 3.8) is 0 Å². The number of nitrogens with zero attached hydrogens (tertiary/aromatic N) is 1. The number of carbonyl (C=O) groups excluding carboxylic acids is 3. The van der Waals surface area contributed by atoms with Crippen LogP contribution in [0.3, 0.4) is 0 Å². The number of cyclic esters (lactones) is 1. The maximum Gasteiger partial charge on any atom is 0.342 e. The van der Waals surface area contributed by atoms with E-state index in [1.54, 1.807) is 18.2 Å². The van der Waals surface area contributed by atoms with Gasteiger partial charge in [-0.25, -0.2) is 4.79 Å². The molecule has 6 aliphatic rings. The third-order valence-electron chi connectivity index (χ3n) is 12.2. The third kappa shape index (κ3) is 3.89. The molecule has 1 aromatic rings. The van der Waals surface area contributed by atoms with Crippen molar-refractivity contribution < 1.29 is 33.3 Å². The first-order valence-corrected chi connectivity index (χ1v) is 16.4. The minimum atomic E-state index is -1.23. The van der Waals surface area contributed by atoms with Crippen molar-refractivity contribution in [1.82, 2.24) is 4.90 Å². The van der Waals surface area contributed by atoms with Crippen LogP contribution in [0.15, 0.2) is 48.6 Å². The van der Waals surface area contributed by atoms with Crippen molar-refractivity contribution in [3.8, 4) is 0 Å². The van der Waals surface area contributed by atoms with Gasteiger partial charge in [-0.3, -0.25) is 9.69 Å². The van der Waals surface area contributed by atoms with Gasteiger partial charge in [0.05, 0.1) is 23.7 Å². The van der Waals surface area contributed by atoms with Crippen molar-refractivity contribution in [2.24, 2.45) is 45.8 Å². The van der Waals surface area contributed by atoms with E-state index in [4.69, 9.17) is 18.9 Å². The highest BCUT2D eigenvalue weighted by Gasteiger charge is 2.84. The smallest absolute Gasteiger partial charge is 0.342 e. The number of morpholine rings is 1. The highest BCUT2D eigenvalue weighted by atomic mass is 16.7. The second-order valence-corrected chi connectivity index (χ2v) is 14.6. The van der Waals surface area contributed by atoms with Crippen molar-refractivity contribution in [1.29, 1.82) is 0 Å². The van der Waals surface area contributed by atoms with Gasteiger partial charge >= 0.3 is 11.9 Å². The SMILES string of the molecule is C=CCN1C[C@H](OC[C@@]23C[C@@H]4[C@H](C)CC[C@H]4[C@@]4(C=O)C[C@@H]2C=C(C(C)C)[C@@]34C(=O)OC2OC(=O)c3ccccc32)O[C@H](C)C1. The molecule has 7 rings (SSSR count). The molecule has 0 aromatic heterocycles. The minimum absolute atomic E-state index is 0.00782. The number of hydrogen-bond acceptors (Lipinski definition) is 8. The topological polar surface area (TPSA) is 91.4 Å². The highest BCUT2D eigenvalue weighted by Crippen LogP contribution is 2.83. The molecule has 2 aliphatic heterocycles. The predicted octanol–water partition coefficient (Wildman–Crippen LogP) is 5.49. The fourth-order valence-electron chi connectivity index (χ4n) is 10.7. The standard InChI is InChI=1S/C36H45NO7/c1-6-13-37-17-23(5)42-30(18-37)41-20-35-16-27-22(4)11-12-28(27)34(19-38)15-24(35)14-29(21(2)3)36(34,35)33(40)44-32-26-10-8-7-9-25(26)31(39)43-32/h6-10,14,19,21-24,27-28,30,32H,1,11-13,15-18,20H2,2-5H3/t22-,23-,24+,27-,28-,30-,32?,34+,35+,36+/m1/s1. The normalized spacial score (nSPS) is 42.1. The van der Waals surface area contributed by atoms with E-state index in [0.717, 1.165) is 44.2 Å². The molecule has 2 heterocycles. The Morgan fingerprint density at radius 2 is 1.98 bits per heavy atom. The monoisotopic (exact) mass is 603 g/mol. The van der Waals surface area contributed by atoms with E-state index in [1.807, 2.05) is 19.1 Å². The molecular formula is C36H45NO7. The number of benzene rings is 1. The van der Waals surface area contributed by atoms with Gasteiger partial charge in [0.15, 0.2) is 6.29 Å². The molecule has 4 fully saturated rings. The van der Waals surface area contributed by atoms with Crippen molar-refractivity contribution in [2.45, 2.75) is 72.1 Å². The number of allylic oxidation sites excluding steroid dienone is 1. The molecule has 8 nitrogen and oxygen atoms in total. The number of carbonyl (C=O) groups is 3. The van der Waals surface area contributed by atoms with E-state index in [2.05, 4.69) is 38.3 Å². The molecule has 0 spiro atoms. The Balaban J connectivity index is 1.32. The zero-order chi connectivity index (χ0) is 31.0. The van der Waals surface area contributed by atoms with Gasteiger partial charge in [-0.1, -0.05) is 63.1 Å². The van der Waals surface area contributed by atoms with Crippen LogP contribution in [0.5, 0.6) is 0 Å². The molecule has 1 aromatic carbocycles. The van der Waals surface area contributed by atoms with E-state index in [9.17, 15) is 9.59 Å². The van der Waals surface area contributed by atoms with Gasteiger partial charge in [0, 0.05) is 30.6 Å². The largest absolute Gasteiger partial charge is 0.420 e. The Kier molecular flexibility index (Phi) is 7.22. The Bertz CT molecular complexity index is 1400. The molecule has 0 N–H and O–H groups in total. The van der Waals surface area contributed by atoms with Crippen LogP contribution < -0.4 is 0 Å². The third-order valence-corrected chi connectivity index (χ3v) is 12.2. The second-order valence-electron chi connectivity index (χ2n) is 14.6. The maximum absolute atomic E-state index is 15.2. The number of aldehydes is 1. The lowest BCUT2D eigenvalue weighted by molar-refractivity contribution is -0.240. The number of fused-ring (bicyclic) bond motifs is 3. The van der Waals surface area contributed by atoms with Crippen LogP contribution in [0.2, 0.25) is 0 Å². The Labute approximate surface area is 260 Å². The molecule has 1 unspecified atom stereocenters. The van der Waals surface area contributed by atoms with Crippen LogP contribution in [0, 0.1) is 45.8 Å². The number of rotatable bonds is 9. The summed E-state index contributed by atoms with van der Waals surface area (Å²) in [5, 5.41) is 0. The molecule has 8 heteroatoms. The van der Waals surface area contributed by atoms with Crippen molar-refractivity contribution >= 4 is 18.2 Å². The van der Waals surface area contributed by atoms with Crippen LogP contribution in [0.25, 0.3) is 0 Å². The summed E-state index contributed by atoms with van der Waals surface area (Å²) in [5.41, 5.74) is -0.913. The van der Waals surface area contributed by atoms with Gasteiger partial charge in [-0.2, -0.15) is 0 Å². The lowest BCUT2D eigenvalue weighted by Crippen LogP contribution is -2.64. The minimum Gasteiger partial charge on any atom is -0.420 e. The molecule has 4 aliphatic carbocycles. The number of esters is 2. The lowest BCUT2D eigenvalue weighted by atomic mass is 9.43. The summed E-state index contributed by atoms with van der Waals surface area (Å²) >= 11 is 0. The molecular weight excluding hydrogens is 558 g/mol. The maximum atomic E-state index is 15.2. The van der Waals surface area contributed by atoms with Gasteiger partial charge < -0.3 is 23.7 Å². The zero-order valence-corrected chi connectivity index (χ0v) is 26.3. The molecule has 4 bridgehead atoms.